The first kappa shape index (κ1) is 27.1. The molecule has 0 rings (SSSR count). The maximum Gasteiger partial charge on any atom is 1.00 e. The minimum Gasteiger partial charge on any atom is -0.375 e. The summed E-state index contributed by atoms with van der Waals surface area (Å²) in [5.74, 6) is 0. The first-order valence-corrected chi connectivity index (χ1v) is 11.1. The maximum atomic E-state index is 10.6. The molecule has 6 heteroatoms. The van der Waals surface area contributed by atoms with Crippen LogP contribution < -0.4 is 29.6 Å². The molecule has 0 radical (unpaired) electrons. The number of aliphatic hydroxyl groups is 1. The number of aliphatic hydroxyl groups excluding tert-OH is 1. The molecular weight excluding hydrogens is 335 g/mol. The van der Waals surface area contributed by atoms with Crippen molar-refractivity contribution in [3.8, 4) is 0 Å². The quantitative estimate of drug-likeness (QED) is 0.233. The van der Waals surface area contributed by atoms with Crippen LogP contribution in [0.15, 0.2) is 0 Å². The predicted octanol–water partition coefficient (Wildman–Crippen LogP) is 2.46. The minimum atomic E-state index is -4.27. The molecule has 0 fully saturated rings. The van der Waals surface area contributed by atoms with E-state index in [0.717, 1.165) is 12.8 Å². The predicted molar refractivity (Wildman–Crippen MR) is 97.1 cm³/mol. The van der Waals surface area contributed by atoms with Gasteiger partial charge in [-0.3, -0.25) is 4.55 Å². The summed E-state index contributed by atoms with van der Waals surface area (Å²) in [4.78, 5) is 0. The molecule has 0 amide bonds. The third-order valence-corrected chi connectivity index (χ3v) is 5.32. The molecule has 0 aliphatic heterocycles. The molecule has 0 bridgehead atoms. The maximum absolute atomic E-state index is 10.6. The minimum absolute atomic E-state index is 0. The zero-order chi connectivity index (χ0) is 17.4. The Labute approximate surface area is 172 Å². The van der Waals surface area contributed by atoms with E-state index >= 15 is 0 Å². The van der Waals surface area contributed by atoms with Crippen LogP contribution in [0.25, 0.3) is 0 Å². The Morgan fingerprint density at radius 2 is 0.958 bits per heavy atom. The topological polar surface area (TPSA) is 74.6 Å². The van der Waals surface area contributed by atoms with Crippen LogP contribution in [-0.4, -0.2) is 23.5 Å². The van der Waals surface area contributed by atoms with Crippen LogP contribution >= 0.6 is 0 Å². The van der Waals surface area contributed by atoms with Crippen molar-refractivity contribution in [2.24, 2.45) is 0 Å². The van der Waals surface area contributed by atoms with Gasteiger partial charge >= 0.3 is 29.6 Å². The van der Waals surface area contributed by atoms with Crippen molar-refractivity contribution in [2.75, 3.05) is 0 Å². The molecule has 0 aromatic heterocycles. The molecular formula is C18H38NaO4S+. The molecule has 0 aliphatic carbocycles. The molecule has 1 unspecified atom stereocenters. The Morgan fingerprint density at radius 1 is 0.667 bits per heavy atom. The van der Waals surface area contributed by atoms with Gasteiger partial charge in [-0.15, -0.1) is 0 Å². The van der Waals surface area contributed by atoms with E-state index in [2.05, 4.69) is 6.92 Å². The second-order valence-electron chi connectivity index (χ2n) is 6.71. The van der Waals surface area contributed by atoms with Crippen LogP contribution in [-0.2, 0) is 10.1 Å². The Balaban J connectivity index is 0. The second kappa shape index (κ2) is 18.7. The van der Waals surface area contributed by atoms with Crippen LogP contribution in [0.3, 0.4) is 0 Å². The number of unbranched alkanes of at least 4 members (excludes halogenated alkanes) is 14. The summed E-state index contributed by atoms with van der Waals surface area (Å²) in [7, 11) is -4.27. The summed E-state index contributed by atoms with van der Waals surface area (Å²) >= 11 is 0. The molecule has 0 saturated carbocycles. The first-order valence-electron chi connectivity index (χ1n) is 9.63. The molecule has 140 valence electrons. The summed E-state index contributed by atoms with van der Waals surface area (Å²) in [5.41, 5.74) is -1.61. The van der Waals surface area contributed by atoms with E-state index in [1.165, 1.54) is 77.0 Å². The molecule has 0 spiro atoms. The normalized spacial score (nSPS) is 12.8. The van der Waals surface area contributed by atoms with Crippen molar-refractivity contribution < 1.29 is 47.6 Å². The first-order chi connectivity index (χ1) is 11.0. The van der Waals surface area contributed by atoms with Gasteiger partial charge in [0.2, 0.25) is 0 Å². The van der Waals surface area contributed by atoms with Crippen LogP contribution in [0.5, 0.6) is 0 Å². The van der Waals surface area contributed by atoms with E-state index in [4.69, 9.17) is 9.66 Å². The van der Waals surface area contributed by atoms with Gasteiger partial charge < -0.3 is 5.11 Å². The molecule has 0 aliphatic rings. The van der Waals surface area contributed by atoms with Crippen LogP contribution in [0.4, 0.5) is 0 Å². The van der Waals surface area contributed by atoms with Gasteiger partial charge in [0.15, 0.2) is 5.44 Å². The summed E-state index contributed by atoms with van der Waals surface area (Å²) in [5, 5.41) is 9.15. The fraction of sp³-hybridized carbons (Fsp3) is 1.00. The molecule has 24 heavy (non-hydrogen) atoms. The number of hydrogen-bond donors (Lipinski definition) is 2. The van der Waals surface area contributed by atoms with Gasteiger partial charge in [-0.25, -0.2) is 0 Å². The van der Waals surface area contributed by atoms with E-state index in [1.54, 1.807) is 0 Å². The Bertz CT molecular complexity index is 347. The molecule has 0 saturated heterocycles. The van der Waals surface area contributed by atoms with Gasteiger partial charge in [-0.05, 0) is 12.8 Å². The van der Waals surface area contributed by atoms with Crippen molar-refractivity contribution in [2.45, 2.75) is 115 Å². The molecule has 4 nitrogen and oxygen atoms in total. The molecule has 2 N–H and O–H groups in total. The number of rotatable bonds is 17. The van der Waals surface area contributed by atoms with Crippen LogP contribution in [0, 0.1) is 0 Å². The van der Waals surface area contributed by atoms with E-state index < -0.39 is 15.6 Å². The van der Waals surface area contributed by atoms with Gasteiger partial charge in [0, 0.05) is 0 Å². The van der Waals surface area contributed by atoms with Gasteiger partial charge in [0.25, 0.3) is 10.1 Å². The van der Waals surface area contributed by atoms with Gasteiger partial charge in [-0.2, -0.15) is 8.42 Å². The van der Waals surface area contributed by atoms with E-state index in [-0.39, 0.29) is 36.0 Å². The average Bonchev–Trinajstić information content (AvgIpc) is 2.50. The third kappa shape index (κ3) is 19.2. The second-order valence-corrected chi connectivity index (χ2v) is 8.28. The summed E-state index contributed by atoms with van der Waals surface area (Å²) in [6.45, 7) is 2.25. The van der Waals surface area contributed by atoms with Gasteiger partial charge in [0.1, 0.15) is 0 Å². The zero-order valence-corrected chi connectivity index (χ0v) is 18.8. The third-order valence-electron chi connectivity index (χ3n) is 4.40. The molecule has 1 atom stereocenters. The smallest absolute Gasteiger partial charge is 0.375 e. The van der Waals surface area contributed by atoms with Crippen LogP contribution in [0.2, 0.25) is 0 Å². The Kier molecular flexibility index (Phi) is 21.1. The van der Waals surface area contributed by atoms with Crippen LogP contribution in [0.1, 0.15) is 110 Å². The summed E-state index contributed by atoms with van der Waals surface area (Å²) in [6, 6.07) is 0. The summed E-state index contributed by atoms with van der Waals surface area (Å²) in [6.07, 6.45) is 18.9. The van der Waals surface area contributed by atoms with Gasteiger partial charge in [0.05, 0.1) is 0 Å². The monoisotopic (exact) mass is 373 g/mol. The van der Waals surface area contributed by atoms with Crippen molar-refractivity contribution in [3.05, 3.63) is 0 Å². The fourth-order valence-corrected chi connectivity index (χ4v) is 3.30. The Morgan fingerprint density at radius 3 is 1.25 bits per heavy atom. The summed E-state index contributed by atoms with van der Waals surface area (Å²) < 4.78 is 29.9. The van der Waals surface area contributed by atoms with E-state index in [9.17, 15) is 8.42 Å². The van der Waals surface area contributed by atoms with Crippen molar-refractivity contribution in [1.29, 1.82) is 0 Å². The fourth-order valence-electron chi connectivity index (χ4n) is 2.84. The largest absolute Gasteiger partial charge is 1.00 e. The standard InChI is InChI=1S/C18H38O4S.Na/c1-2-3-4-5-6-7-8-9-10-11-12-13-14-15-16-17-18(19)23(20,21)22;/h18-19H,2-17H2,1H3,(H,20,21,22);/q;+1. The zero-order valence-electron chi connectivity index (χ0n) is 16.0. The van der Waals surface area contributed by atoms with E-state index in [1.807, 2.05) is 0 Å². The Hall–Kier alpha value is 0.870. The van der Waals surface area contributed by atoms with E-state index in [0.29, 0.717) is 6.42 Å². The average molecular weight is 374 g/mol. The van der Waals surface area contributed by atoms with Crippen molar-refractivity contribution in [3.63, 3.8) is 0 Å². The number of hydrogen-bond acceptors (Lipinski definition) is 3. The van der Waals surface area contributed by atoms with Gasteiger partial charge in [-0.1, -0.05) is 96.8 Å². The molecule has 0 aromatic carbocycles. The van der Waals surface area contributed by atoms with Crippen molar-refractivity contribution >= 4 is 10.1 Å². The SMILES string of the molecule is CCCCCCCCCCCCCCCCCC(O)S(=O)(=O)O.[Na+]. The molecule has 0 heterocycles. The molecule has 0 aromatic rings. The van der Waals surface area contributed by atoms with Crippen molar-refractivity contribution in [1.82, 2.24) is 0 Å².